The molecule has 0 saturated carbocycles. The number of carbonyl (C=O) groups is 1. The Hall–Kier alpha value is -2.54. The molecule has 2 aromatic heterocycles. The van der Waals surface area contributed by atoms with E-state index in [-0.39, 0.29) is 23.3 Å². The van der Waals surface area contributed by atoms with E-state index >= 15 is 0 Å². The Balaban J connectivity index is 1.75. The number of hydrogen-bond donors (Lipinski definition) is 2. The van der Waals surface area contributed by atoms with E-state index in [2.05, 4.69) is 29.1 Å². The summed E-state index contributed by atoms with van der Waals surface area (Å²) < 4.78 is 1.69. The Morgan fingerprint density at radius 3 is 2.57 bits per heavy atom. The predicted molar refractivity (Wildman–Crippen MR) is 123 cm³/mol. The van der Waals surface area contributed by atoms with E-state index < -0.39 is 0 Å². The molecule has 7 heteroatoms. The molecule has 0 radical (unpaired) electrons. The lowest BCUT2D eigenvalue weighted by atomic mass is 10.1. The summed E-state index contributed by atoms with van der Waals surface area (Å²) in [7, 11) is 0. The minimum atomic E-state index is -0.0805. The van der Waals surface area contributed by atoms with Gasteiger partial charge in [-0.1, -0.05) is 55.4 Å². The van der Waals surface area contributed by atoms with Gasteiger partial charge >= 0.3 is 0 Å². The van der Waals surface area contributed by atoms with Crippen LogP contribution in [0, 0.1) is 19.8 Å². The average Bonchev–Trinajstić information content (AvgIpc) is 3.06. The lowest BCUT2D eigenvalue weighted by Gasteiger charge is -2.16. The Morgan fingerprint density at radius 1 is 1.20 bits per heavy atom. The third-order valence-electron chi connectivity index (χ3n) is 5.05. The molecule has 1 amide bonds. The van der Waals surface area contributed by atoms with Crippen LogP contribution in [0.1, 0.15) is 50.1 Å². The second-order valence-electron chi connectivity index (χ2n) is 8.23. The van der Waals surface area contributed by atoms with Gasteiger partial charge in [-0.05, 0) is 44.7 Å². The Morgan fingerprint density at radius 2 is 1.90 bits per heavy atom. The molecule has 0 aliphatic rings. The third kappa shape index (κ3) is 5.33. The highest BCUT2D eigenvalue weighted by atomic mass is 32.2. The lowest BCUT2D eigenvalue weighted by molar-refractivity contribution is -0.119. The normalized spacial score (nSPS) is 12.5. The highest BCUT2D eigenvalue weighted by Crippen LogP contribution is 2.20. The number of H-pyrrole nitrogens is 1. The summed E-state index contributed by atoms with van der Waals surface area (Å²) in [5.41, 5.74) is 4.25. The number of benzene rings is 1. The van der Waals surface area contributed by atoms with Crippen LogP contribution in [0.25, 0.3) is 11.0 Å². The summed E-state index contributed by atoms with van der Waals surface area (Å²) in [6.07, 6.45) is 0.872. The monoisotopic (exact) mass is 426 g/mol. The molecule has 6 nitrogen and oxygen atoms in total. The van der Waals surface area contributed by atoms with Crippen molar-refractivity contribution in [3.63, 3.8) is 0 Å². The van der Waals surface area contributed by atoms with Gasteiger partial charge in [0.05, 0.1) is 17.3 Å². The molecule has 1 atom stereocenters. The van der Waals surface area contributed by atoms with E-state index in [0.717, 1.165) is 17.7 Å². The number of aryl methyl sites for hydroxylation is 2. The van der Waals surface area contributed by atoms with Crippen LogP contribution in [0.5, 0.6) is 0 Å². The topological polar surface area (TPSA) is 79.8 Å². The molecule has 0 spiro atoms. The zero-order chi connectivity index (χ0) is 21.8. The summed E-state index contributed by atoms with van der Waals surface area (Å²) in [4.78, 5) is 33.3. The molecule has 2 N–H and O–H groups in total. The third-order valence-corrected chi connectivity index (χ3v) is 6.03. The van der Waals surface area contributed by atoms with Crippen molar-refractivity contribution in [3.8, 4) is 0 Å². The van der Waals surface area contributed by atoms with E-state index in [1.165, 1.54) is 17.3 Å². The number of thioether (sulfide) groups is 1. The molecule has 1 aromatic carbocycles. The Labute approximate surface area is 181 Å². The van der Waals surface area contributed by atoms with Crippen molar-refractivity contribution in [3.05, 3.63) is 57.5 Å². The summed E-state index contributed by atoms with van der Waals surface area (Å²) >= 11 is 1.31. The SMILES string of the molecule is Cc1ccc([C@H](C)NC(=O)CSc2nc3cc(C)[nH]c3c(=O)n2CCC(C)C)cc1. The molecule has 0 saturated heterocycles. The number of nitrogens with one attached hydrogen (secondary N) is 2. The largest absolute Gasteiger partial charge is 0.353 e. The van der Waals surface area contributed by atoms with Crippen LogP contribution in [0.2, 0.25) is 0 Å². The lowest BCUT2D eigenvalue weighted by Crippen LogP contribution is -2.29. The van der Waals surface area contributed by atoms with Crippen LogP contribution in [0.15, 0.2) is 40.3 Å². The first kappa shape index (κ1) is 22.2. The van der Waals surface area contributed by atoms with Crippen LogP contribution in [-0.4, -0.2) is 26.2 Å². The number of carbonyl (C=O) groups excluding carboxylic acids is 1. The van der Waals surface area contributed by atoms with Gasteiger partial charge in [0.25, 0.3) is 5.56 Å². The quantitative estimate of drug-likeness (QED) is 0.414. The summed E-state index contributed by atoms with van der Waals surface area (Å²) in [5, 5.41) is 3.62. The number of rotatable bonds is 8. The zero-order valence-corrected chi connectivity index (χ0v) is 19.1. The molecular weight excluding hydrogens is 396 g/mol. The van der Waals surface area contributed by atoms with Crippen molar-refractivity contribution in [2.24, 2.45) is 5.92 Å². The van der Waals surface area contributed by atoms with Crippen LogP contribution >= 0.6 is 11.8 Å². The molecule has 0 bridgehead atoms. The fourth-order valence-electron chi connectivity index (χ4n) is 3.26. The molecule has 2 heterocycles. The maximum absolute atomic E-state index is 13.0. The second kappa shape index (κ2) is 9.51. The maximum atomic E-state index is 13.0. The van der Waals surface area contributed by atoms with Gasteiger partial charge in [-0.2, -0.15) is 0 Å². The number of aromatic amines is 1. The first-order valence-corrected chi connectivity index (χ1v) is 11.3. The van der Waals surface area contributed by atoms with Gasteiger partial charge in [0, 0.05) is 12.2 Å². The van der Waals surface area contributed by atoms with Gasteiger partial charge in [0.1, 0.15) is 5.52 Å². The number of hydrogen-bond acceptors (Lipinski definition) is 4. The maximum Gasteiger partial charge on any atom is 0.278 e. The second-order valence-corrected chi connectivity index (χ2v) is 9.18. The standard InChI is InChI=1S/C23H30N4O2S/c1-14(2)10-11-27-22(29)21-19(12-16(4)24-21)26-23(27)30-13-20(28)25-17(5)18-8-6-15(3)7-9-18/h6-9,12,14,17,24H,10-11,13H2,1-5H3,(H,25,28)/t17-/m0/s1. The Bertz CT molecular complexity index is 1080. The zero-order valence-electron chi connectivity index (χ0n) is 18.3. The van der Waals surface area contributed by atoms with Crippen molar-refractivity contribution in [2.45, 2.75) is 58.8 Å². The first-order chi connectivity index (χ1) is 14.2. The summed E-state index contributed by atoms with van der Waals surface area (Å²) in [6.45, 7) is 10.8. The first-order valence-electron chi connectivity index (χ1n) is 10.3. The molecule has 30 heavy (non-hydrogen) atoms. The van der Waals surface area contributed by atoms with Crippen molar-refractivity contribution >= 4 is 28.7 Å². The number of aromatic nitrogens is 3. The molecule has 3 rings (SSSR count). The van der Waals surface area contributed by atoms with Gasteiger partial charge < -0.3 is 10.3 Å². The van der Waals surface area contributed by atoms with Crippen LogP contribution in [0.4, 0.5) is 0 Å². The number of fused-ring (bicyclic) bond motifs is 1. The van der Waals surface area contributed by atoms with E-state index in [1.807, 2.05) is 51.1 Å². The minimum Gasteiger partial charge on any atom is -0.353 e. The van der Waals surface area contributed by atoms with E-state index in [0.29, 0.717) is 28.7 Å². The van der Waals surface area contributed by atoms with Crippen molar-refractivity contribution in [2.75, 3.05) is 5.75 Å². The average molecular weight is 427 g/mol. The van der Waals surface area contributed by atoms with Crippen molar-refractivity contribution in [1.29, 1.82) is 0 Å². The molecule has 0 aliphatic heterocycles. The number of amides is 1. The summed E-state index contributed by atoms with van der Waals surface area (Å²) in [6, 6.07) is 9.93. The van der Waals surface area contributed by atoms with E-state index in [4.69, 9.17) is 0 Å². The highest BCUT2D eigenvalue weighted by Gasteiger charge is 2.16. The van der Waals surface area contributed by atoms with E-state index in [1.54, 1.807) is 4.57 Å². The summed E-state index contributed by atoms with van der Waals surface area (Å²) in [5.74, 6) is 0.594. The molecule has 160 valence electrons. The predicted octanol–water partition coefficient (Wildman–Crippen LogP) is 4.36. The fraction of sp³-hybridized carbons (Fsp3) is 0.435. The van der Waals surface area contributed by atoms with Gasteiger partial charge in [-0.3, -0.25) is 14.2 Å². The molecule has 0 unspecified atom stereocenters. The van der Waals surface area contributed by atoms with Gasteiger partial charge in [0.15, 0.2) is 5.16 Å². The van der Waals surface area contributed by atoms with Crippen molar-refractivity contribution in [1.82, 2.24) is 19.9 Å². The smallest absolute Gasteiger partial charge is 0.278 e. The van der Waals surface area contributed by atoms with Crippen molar-refractivity contribution < 1.29 is 4.79 Å². The molecule has 0 aliphatic carbocycles. The van der Waals surface area contributed by atoms with Gasteiger partial charge in [-0.15, -0.1) is 0 Å². The molecular formula is C23H30N4O2S. The molecule has 3 aromatic rings. The van der Waals surface area contributed by atoms with Crippen LogP contribution < -0.4 is 10.9 Å². The minimum absolute atomic E-state index is 0.0790. The van der Waals surface area contributed by atoms with Gasteiger partial charge in [-0.25, -0.2) is 4.98 Å². The van der Waals surface area contributed by atoms with E-state index in [9.17, 15) is 9.59 Å². The Kier molecular flexibility index (Phi) is 7.02. The van der Waals surface area contributed by atoms with Crippen LogP contribution in [-0.2, 0) is 11.3 Å². The molecule has 0 fully saturated rings. The fourth-order valence-corrected chi connectivity index (χ4v) is 4.09. The highest BCUT2D eigenvalue weighted by molar-refractivity contribution is 7.99. The number of nitrogens with zero attached hydrogens (tertiary/aromatic N) is 2. The van der Waals surface area contributed by atoms with Crippen LogP contribution in [0.3, 0.4) is 0 Å². The van der Waals surface area contributed by atoms with Gasteiger partial charge in [0.2, 0.25) is 5.91 Å².